The number of amides is 1. The van der Waals surface area contributed by atoms with Gasteiger partial charge in [-0.1, -0.05) is 59.3 Å². The maximum absolute atomic E-state index is 13.2. The molecule has 2 aromatic rings. The molecule has 1 unspecified atom stereocenters. The van der Waals surface area contributed by atoms with E-state index >= 15 is 0 Å². The zero-order valence-corrected chi connectivity index (χ0v) is 16.9. The summed E-state index contributed by atoms with van der Waals surface area (Å²) in [5.41, 5.74) is 2.12. The van der Waals surface area contributed by atoms with Crippen LogP contribution in [-0.4, -0.2) is 43.8 Å². The third-order valence-corrected chi connectivity index (χ3v) is 5.13. The quantitative estimate of drug-likeness (QED) is 0.464. The molecule has 2 aromatic carbocycles. The van der Waals surface area contributed by atoms with Gasteiger partial charge in [0.15, 0.2) is 0 Å². The van der Waals surface area contributed by atoms with Crippen LogP contribution in [-0.2, 0) is 9.59 Å². The second-order valence-electron chi connectivity index (χ2n) is 7.35. The number of quaternary nitrogens is 1. The molecule has 1 N–H and O–H groups in total. The van der Waals surface area contributed by atoms with Gasteiger partial charge in [0.25, 0.3) is 5.91 Å². The highest BCUT2D eigenvalue weighted by atomic mass is 35.5. The summed E-state index contributed by atoms with van der Waals surface area (Å²) in [7, 11) is 3.95. The minimum atomic E-state index is -0.723. The van der Waals surface area contributed by atoms with Crippen molar-refractivity contribution in [1.82, 2.24) is 4.90 Å². The molecule has 0 aliphatic carbocycles. The zero-order valence-electron chi connectivity index (χ0n) is 16.2. The molecular formula is C22H23ClN2O3. The van der Waals surface area contributed by atoms with Crippen molar-refractivity contribution >= 4 is 29.1 Å². The Morgan fingerprint density at radius 1 is 1.07 bits per heavy atom. The number of halogens is 1. The van der Waals surface area contributed by atoms with Gasteiger partial charge in [0.1, 0.15) is 0 Å². The molecule has 5 nitrogen and oxygen atoms in total. The number of rotatable bonds is 5. The Bertz CT molecular complexity index is 918. The van der Waals surface area contributed by atoms with Gasteiger partial charge in [0, 0.05) is 10.6 Å². The van der Waals surface area contributed by atoms with Gasteiger partial charge in [-0.05, 0) is 30.2 Å². The third kappa shape index (κ3) is 3.96. The highest BCUT2D eigenvalue weighted by Crippen LogP contribution is 2.38. The van der Waals surface area contributed by atoms with Gasteiger partial charge in [0.2, 0.25) is 5.78 Å². The summed E-state index contributed by atoms with van der Waals surface area (Å²) >= 11 is 6.00. The number of nitrogens with zero attached hydrogens (tertiary/aromatic N) is 1. The molecule has 1 aliphatic heterocycles. The molecule has 3 rings (SSSR count). The van der Waals surface area contributed by atoms with Crippen molar-refractivity contribution in [3.05, 3.63) is 75.8 Å². The van der Waals surface area contributed by atoms with Crippen LogP contribution in [0.3, 0.4) is 0 Å². The van der Waals surface area contributed by atoms with Crippen molar-refractivity contribution in [2.75, 3.05) is 27.2 Å². The van der Waals surface area contributed by atoms with Crippen LogP contribution in [0, 0.1) is 6.92 Å². The average Bonchev–Trinajstić information content (AvgIpc) is 2.91. The number of hydrogen-bond donors (Lipinski definition) is 1. The summed E-state index contributed by atoms with van der Waals surface area (Å²) in [4.78, 5) is 28.2. The van der Waals surface area contributed by atoms with Crippen LogP contribution < -0.4 is 10.0 Å². The van der Waals surface area contributed by atoms with Gasteiger partial charge in [0.05, 0.1) is 33.2 Å². The van der Waals surface area contributed by atoms with E-state index < -0.39 is 23.5 Å². The standard InChI is InChI=1S/C22H23ClN2O3/c1-14-4-6-16(7-5-14)20(26)18-19(15-8-10-17(23)11-9-15)25(13-12-24(2)3)22(28)21(18)27/h4-11,19,26H,12-13H2,1-3H3/b20-18+. The van der Waals surface area contributed by atoms with Crippen molar-refractivity contribution in [2.45, 2.75) is 13.0 Å². The van der Waals surface area contributed by atoms with Crippen molar-refractivity contribution in [2.24, 2.45) is 0 Å². The summed E-state index contributed by atoms with van der Waals surface area (Å²) in [5, 5.41) is 13.7. The van der Waals surface area contributed by atoms with Crippen molar-refractivity contribution in [3.63, 3.8) is 0 Å². The smallest absolute Gasteiger partial charge is 0.295 e. The van der Waals surface area contributed by atoms with E-state index in [1.54, 1.807) is 36.4 Å². The molecule has 1 heterocycles. The van der Waals surface area contributed by atoms with Gasteiger partial charge >= 0.3 is 0 Å². The number of benzene rings is 2. The summed E-state index contributed by atoms with van der Waals surface area (Å²) in [6.45, 7) is 2.97. The van der Waals surface area contributed by atoms with Crippen LogP contribution in [0.1, 0.15) is 22.7 Å². The summed E-state index contributed by atoms with van der Waals surface area (Å²) in [5.74, 6) is -1.76. The summed E-state index contributed by atoms with van der Waals surface area (Å²) in [6.07, 6.45) is 0. The van der Waals surface area contributed by atoms with Crippen LogP contribution in [0.4, 0.5) is 0 Å². The second kappa shape index (κ2) is 8.17. The fraction of sp³-hybridized carbons (Fsp3) is 0.273. The van der Waals surface area contributed by atoms with E-state index in [-0.39, 0.29) is 5.57 Å². The lowest BCUT2D eigenvalue weighted by Gasteiger charge is -2.27. The molecule has 6 heteroatoms. The van der Waals surface area contributed by atoms with E-state index in [0.717, 1.165) is 10.5 Å². The Hall–Kier alpha value is -2.63. The number of carbonyl (C=O) groups is 2. The number of hydrogen-bond acceptors (Lipinski definition) is 3. The molecule has 0 spiro atoms. The highest BCUT2D eigenvalue weighted by Gasteiger charge is 2.44. The number of ketones is 1. The zero-order chi connectivity index (χ0) is 20.4. The van der Waals surface area contributed by atoms with Gasteiger partial charge in [-0.15, -0.1) is 0 Å². The lowest BCUT2D eigenvalue weighted by atomic mass is 9.95. The molecule has 146 valence electrons. The predicted octanol–water partition coefficient (Wildman–Crippen LogP) is 1.02. The number of likely N-dealkylation sites (N-methyl/N-ethyl adjacent to an activating group) is 1. The highest BCUT2D eigenvalue weighted by molar-refractivity contribution is 6.46. The van der Waals surface area contributed by atoms with E-state index in [4.69, 9.17) is 11.6 Å². The molecule has 0 saturated carbocycles. The monoisotopic (exact) mass is 398 g/mol. The van der Waals surface area contributed by atoms with E-state index in [1.165, 1.54) is 4.90 Å². The van der Waals surface area contributed by atoms with Crippen molar-refractivity contribution in [3.8, 4) is 0 Å². The first kappa shape index (κ1) is 20.1. The van der Waals surface area contributed by atoms with Crippen LogP contribution in [0.5, 0.6) is 0 Å². The number of likely N-dealkylation sites (tertiary alicyclic amines) is 1. The lowest BCUT2D eigenvalue weighted by molar-refractivity contribution is -0.857. The van der Waals surface area contributed by atoms with E-state index in [0.29, 0.717) is 29.2 Å². The predicted molar refractivity (Wildman–Crippen MR) is 107 cm³/mol. The molecule has 0 bridgehead atoms. The van der Waals surface area contributed by atoms with Crippen LogP contribution in [0.25, 0.3) is 5.76 Å². The minimum absolute atomic E-state index is 0.00457. The molecule has 1 fully saturated rings. The van der Waals surface area contributed by atoms with E-state index in [9.17, 15) is 14.7 Å². The number of aryl methyl sites for hydroxylation is 1. The fourth-order valence-corrected chi connectivity index (χ4v) is 3.42. The molecule has 28 heavy (non-hydrogen) atoms. The molecular weight excluding hydrogens is 376 g/mol. The van der Waals surface area contributed by atoms with Gasteiger partial charge < -0.3 is 14.9 Å². The lowest BCUT2D eigenvalue weighted by Crippen LogP contribution is -3.06. The first-order valence-corrected chi connectivity index (χ1v) is 9.55. The summed E-state index contributed by atoms with van der Waals surface area (Å²) < 4.78 is 0. The van der Waals surface area contributed by atoms with Crippen molar-refractivity contribution < 1.29 is 19.6 Å². The first-order valence-electron chi connectivity index (χ1n) is 9.17. The minimum Gasteiger partial charge on any atom is -0.872 e. The molecule has 0 aromatic heterocycles. The Kier molecular flexibility index (Phi) is 5.87. The Morgan fingerprint density at radius 3 is 2.25 bits per heavy atom. The Balaban J connectivity index is 2.13. The molecule has 1 amide bonds. The van der Waals surface area contributed by atoms with Crippen molar-refractivity contribution in [1.29, 1.82) is 0 Å². The normalized spacial score (nSPS) is 18.9. The maximum atomic E-state index is 13.2. The molecule has 0 radical (unpaired) electrons. The van der Waals surface area contributed by atoms with Crippen LogP contribution in [0.2, 0.25) is 5.02 Å². The molecule has 1 aliphatic rings. The second-order valence-corrected chi connectivity index (χ2v) is 7.78. The third-order valence-electron chi connectivity index (χ3n) is 4.88. The van der Waals surface area contributed by atoms with E-state index in [1.807, 2.05) is 33.2 Å². The topological polar surface area (TPSA) is 64.9 Å². The molecule has 1 saturated heterocycles. The SMILES string of the molecule is Cc1ccc(/C([O-])=C2\C(=O)C(=O)N(CC[NH+](C)C)C2c2ccc(Cl)cc2)cc1. The maximum Gasteiger partial charge on any atom is 0.295 e. The number of Topliss-reactive ketones (excluding diaryl/α,β-unsaturated/α-hetero) is 1. The number of carbonyl (C=O) groups excluding carboxylic acids is 2. The number of nitrogens with one attached hydrogen (secondary N) is 1. The first-order chi connectivity index (χ1) is 13.3. The van der Waals surface area contributed by atoms with E-state index in [2.05, 4.69) is 0 Å². The fourth-order valence-electron chi connectivity index (χ4n) is 3.30. The molecule has 1 atom stereocenters. The van der Waals surface area contributed by atoms with Gasteiger partial charge in [-0.25, -0.2) is 0 Å². The largest absolute Gasteiger partial charge is 0.872 e. The average molecular weight is 399 g/mol. The van der Waals surface area contributed by atoms with Gasteiger partial charge in [-0.2, -0.15) is 0 Å². The Morgan fingerprint density at radius 2 is 1.68 bits per heavy atom. The van der Waals surface area contributed by atoms with Crippen LogP contribution >= 0.6 is 11.6 Å². The van der Waals surface area contributed by atoms with Crippen LogP contribution in [0.15, 0.2) is 54.1 Å². The Labute approximate surface area is 169 Å². The van der Waals surface area contributed by atoms with Gasteiger partial charge in [-0.3, -0.25) is 9.59 Å². The summed E-state index contributed by atoms with van der Waals surface area (Å²) in [6, 6.07) is 13.2.